The van der Waals surface area contributed by atoms with Gasteiger partial charge in [0, 0.05) is 26.2 Å². The average molecular weight is 283 g/mol. The van der Waals surface area contributed by atoms with Crippen molar-refractivity contribution in [1.82, 2.24) is 4.90 Å². The molecule has 0 radical (unpaired) electrons. The molecule has 4 nitrogen and oxygen atoms in total. The summed E-state index contributed by atoms with van der Waals surface area (Å²) in [5.41, 5.74) is 1.14. The van der Waals surface area contributed by atoms with Crippen LogP contribution in [0, 0.1) is 0 Å². The van der Waals surface area contributed by atoms with E-state index in [4.69, 9.17) is 11.6 Å². The Bertz CT molecular complexity index is 461. The second-order valence-corrected chi connectivity index (χ2v) is 4.91. The molecule has 0 aliphatic rings. The first-order valence-electron chi connectivity index (χ1n) is 6.20. The highest BCUT2D eigenvalue weighted by atomic mass is 35.5. The van der Waals surface area contributed by atoms with Gasteiger partial charge >= 0.3 is 0 Å². The number of hydrogen-bond donors (Lipinski definition) is 0. The first kappa shape index (κ1) is 15.5. The first-order chi connectivity index (χ1) is 9.01. The Morgan fingerprint density at radius 1 is 1.37 bits per heavy atom. The molecule has 0 saturated carbocycles. The summed E-state index contributed by atoms with van der Waals surface area (Å²) in [6.07, 6.45) is 1.63. The van der Waals surface area contributed by atoms with Gasteiger partial charge in [0.15, 0.2) is 6.29 Å². The van der Waals surface area contributed by atoms with Crippen LogP contribution in [0.25, 0.3) is 0 Å². The molecular formula is C14H19ClN2O2. The van der Waals surface area contributed by atoms with Gasteiger partial charge in [-0.2, -0.15) is 0 Å². The molecule has 0 N–H and O–H groups in total. The van der Waals surface area contributed by atoms with Crippen LogP contribution in [0.1, 0.15) is 23.7 Å². The van der Waals surface area contributed by atoms with Crippen LogP contribution in [0.2, 0.25) is 5.02 Å². The van der Waals surface area contributed by atoms with Crippen molar-refractivity contribution >= 4 is 29.5 Å². The summed E-state index contributed by atoms with van der Waals surface area (Å²) in [5, 5.41) is 0.490. The van der Waals surface area contributed by atoms with E-state index in [2.05, 4.69) is 0 Å². The van der Waals surface area contributed by atoms with Crippen molar-refractivity contribution in [3.8, 4) is 0 Å². The Morgan fingerprint density at radius 3 is 2.58 bits per heavy atom. The lowest BCUT2D eigenvalue weighted by atomic mass is 10.1. The summed E-state index contributed by atoms with van der Waals surface area (Å²) in [5.74, 6) is -0.0229. The zero-order valence-electron chi connectivity index (χ0n) is 11.5. The number of rotatable bonds is 6. The predicted molar refractivity (Wildman–Crippen MR) is 78.0 cm³/mol. The number of nitrogens with zero attached hydrogens (tertiary/aromatic N) is 2. The van der Waals surface area contributed by atoms with Gasteiger partial charge in [0.1, 0.15) is 0 Å². The Kier molecular flexibility index (Phi) is 5.83. The van der Waals surface area contributed by atoms with Crippen LogP contribution in [0.15, 0.2) is 18.2 Å². The summed E-state index contributed by atoms with van der Waals surface area (Å²) < 4.78 is 0. The van der Waals surface area contributed by atoms with E-state index in [1.807, 2.05) is 11.8 Å². The number of benzene rings is 1. The van der Waals surface area contributed by atoms with Crippen molar-refractivity contribution in [1.29, 1.82) is 0 Å². The summed E-state index contributed by atoms with van der Waals surface area (Å²) in [7, 11) is 3.42. The molecule has 0 aliphatic carbocycles. The highest BCUT2D eigenvalue weighted by molar-refractivity contribution is 6.34. The maximum Gasteiger partial charge on any atom is 0.241 e. The summed E-state index contributed by atoms with van der Waals surface area (Å²) in [6, 6.07) is 5.16. The van der Waals surface area contributed by atoms with Gasteiger partial charge in [-0.25, -0.2) is 0 Å². The van der Waals surface area contributed by atoms with Crippen molar-refractivity contribution in [2.45, 2.75) is 13.3 Å². The molecule has 0 aliphatic heterocycles. The highest BCUT2D eigenvalue weighted by Gasteiger charge is 2.17. The van der Waals surface area contributed by atoms with Crippen molar-refractivity contribution in [3.05, 3.63) is 28.8 Å². The smallest absolute Gasteiger partial charge is 0.241 e. The minimum absolute atomic E-state index is 0.0229. The number of anilines is 1. The largest absolute Gasteiger partial charge is 0.360 e. The zero-order valence-corrected chi connectivity index (χ0v) is 12.3. The molecule has 0 fully saturated rings. The van der Waals surface area contributed by atoms with Gasteiger partial charge in [0.25, 0.3) is 0 Å². The summed E-state index contributed by atoms with van der Waals surface area (Å²) >= 11 is 6.18. The molecule has 0 saturated heterocycles. The molecule has 0 unspecified atom stereocenters. The molecule has 104 valence electrons. The summed E-state index contributed by atoms with van der Waals surface area (Å²) in [6.45, 7) is 2.90. The van der Waals surface area contributed by atoms with Gasteiger partial charge in [-0.05, 0) is 18.6 Å². The van der Waals surface area contributed by atoms with E-state index >= 15 is 0 Å². The molecular weight excluding hydrogens is 264 g/mol. The molecule has 0 heterocycles. The van der Waals surface area contributed by atoms with Crippen molar-refractivity contribution in [3.63, 3.8) is 0 Å². The molecule has 1 rings (SSSR count). The number of carbonyl (C=O) groups is 2. The molecule has 0 atom stereocenters. The zero-order chi connectivity index (χ0) is 14.4. The number of halogens is 1. The minimum Gasteiger partial charge on any atom is -0.360 e. The molecule has 0 aromatic heterocycles. The third-order valence-corrected chi connectivity index (χ3v) is 3.08. The molecule has 1 aromatic carbocycles. The van der Waals surface area contributed by atoms with E-state index in [1.165, 1.54) is 4.90 Å². The number of amides is 1. The Morgan fingerprint density at radius 2 is 2.05 bits per heavy atom. The normalized spacial score (nSPS) is 10.1. The van der Waals surface area contributed by atoms with E-state index in [-0.39, 0.29) is 12.5 Å². The fourth-order valence-electron chi connectivity index (χ4n) is 1.81. The fourth-order valence-corrected chi connectivity index (χ4v) is 2.11. The maximum atomic E-state index is 11.9. The van der Waals surface area contributed by atoms with Crippen LogP contribution in [0.4, 0.5) is 5.69 Å². The second-order valence-electron chi connectivity index (χ2n) is 4.51. The first-order valence-corrected chi connectivity index (χ1v) is 6.57. The van der Waals surface area contributed by atoms with Gasteiger partial charge in [-0.15, -0.1) is 0 Å². The van der Waals surface area contributed by atoms with Crippen LogP contribution in [0.3, 0.4) is 0 Å². The molecule has 19 heavy (non-hydrogen) atoms. The highest BCUT2D eigenvalue weighted by Crippen LogP contribution is 2.29. The van der Waals surface area contributed by atoms with E-state index in [0.717, 1.165) is 12.7 Å². The third-order valence-electron chi connectivity index (χ3n) is 2.78. The van der Waals surface area contributed by atoms with Gasteiger partial charge in [0.2, 0.25) is 5.91 Å². The van der Waals surface area contributed by atoms with E-state index in [0.29, 0.717) is 22.8 Å². The van der Waals surface area contributed by atoms with Crippen LogP contribution in [-0.2, 0) is 4.79 Å². The van der Waals surface area contributed by atoms with Crippen molar-refractivity contribution in [2.75, 3.05) is 32.1 Å². The number of aldehydes is 1. The van der Waals surface area contributed by atoms with Crippen molar-refractivity contribution in [2.24, 2.45) is 0 Å². The lowest BCUT2D eigenvalue weighted by Crippen LogP contribution is -2.37. The number of para-hydroxylation sites is 1. The minimum atomic E-state index is -0.0229. The molecule has 1 aromatic rings. The SMILES string of the molecule is CCCN(CC(=O)N(C)C)c1c(Cl)cccc1C=O. The van der Waals surface area contributed by atoms with Crippen LogP contribution < -0.4 is 4.90 Å². The van der Waals surface area contributed by atoms with Gasteiger partial charge in [-0.3, -0.25) is 9.59 Å². The van der Waals surface area contributed by atoms with Crippen LogP contribution in [-0.4, -0.2) is 44.3 Å². The van der Waals surface area contributed by atoms with Gasteiger partial charge in [0.05, 0.1) is 17.3 Å². The quantitative estimate of drug-likeness (QED) is 0.753. The predicted octanol–water partition coefficient (Wildman–Crippen LogP) is 2.46. The maximum absolute atomic E-state index is 11.9. The van der Waals surface area contributed by atoms with Gasteiger partial charge in [-0.1, -0.05) is 24.6 Å². The molecule has 5 heteroatoms. The van der Waals surface area contributed by atoms with E-state index in [1.54, 1.807) is 32.3 Å². The molecule has 0 spiro atoms. The molecule has 1 amide bonds. The van der Waals surface area contributed by atoms with Crippen molar-refractivity contribution < 1.29 is 9.59 Å². The average Bonchev–Trinajstić information content (AvgIpc) is 2.37. The lowest BCUT2D eigenvalue weighted by Gasteiger charge is -2.27. The van der Waals surface area contributed by atoms with Gasteiger partial charge < -0.3 is 9.80 Å². The second kappa shape index (κ2) is 7.14. The third kappa shape index (κ3) is 3.96. The molecule has 0 bridgehead atoms. The fraction of sp³-hybridized carbons (Fsp3) is 0.429. The number of hydrogen-bond acceptors (Lipinski definition) is 3. The Hall–Kier alpha value is -1.55. The summed E-state index contributed by atoms with van der Waals surface area (Å²) in [4.78, 5) is 26.4. The standard InChI is InChI=1S/C14H19ClN2O2/c1-4-8-17(9-13(19)16(2)3)14-11(10-18)6-5-7-12(14)15/h5-7,10H,4,8-9H2,1-3H3. The van der Waals surface area contributed by atoms with Crippen LogP contribution in [0.5, 0.6) is 0 Å². The Labute approximate surface area is 118 Å². The monoisotopic (exact) mass is 282 g/mol. The van der Waals surface area contributed by atoms with Crippen LogP contribution >= 0.6 is 11.6 Å². The Balaban J connectivity index is 3.11. The number of likely N-dealkylation sites (N-methyl/N-ethyl adjacent to an activating group) is 1. The topological polar surface area (TPSA) is 40.6 Å². The van der Waals surface area contributed by atoms with E-state index in [9.17, 15) is 9.59 Å². The lowest BCUT2D eigenvalue weighted by molar-refractivity contribution is -0.127. The number of carbonyl (C=O) groups excluding carboxylic acids is 2. The van der Waals surface area contributed by atoms with E-state index < -0.39 is 0 Å².